The fourth-order valence-electron chi connectivity index (χ4n) is 4.28. The number of unbranched alkanes of at least 4 members (excludes halogenated alkanes) is 2. The highest BCUT2D eigenvalue weighted by Crippen LogP contribution is 2.06. The second kappa shape index (κ2) is 24.9. The van der Waals surface area contributed by atoms with Gasteiger partial charge in [-0.3, -0.25) is 30.0 Å². The number of guanidine groups is 2. The lowest BCUT2D eigenvalue weighted by Gasteiger charge is -2.26. The van der Waals surface area contributed by atoms with E-state index in [2.05, 4.69) is 31.9 Å². The fourth-order valence-corrected chi connectivity index (χ4v) is 4.28. The third kappa shape index (κ3) is 19.8. The Morgan fingerprint density at radius 2 is 0.957 bits per heavy atom. The van der Waals surface area contributed by atoms with E-state index < -0.39 is 66.4 Å². The van der Waals surface area contributed by atoms with E-state index in [0.717, 1.165) is 0 Å². The Hall–Kier alpha value is -4.27. The van der Waals surface area contributed by atoms with Crippen molar-refractivity contribution in [2.75, 3.05) is 32.8 Å². The maximum atomic E-state index is 13.2. The molecule has 0 radical (unpaired) electrons. The summed E-state index contributed by atoms with van der Waals surface area (Å²) in [4.78, 5) is 64.0. The van der Waals surface area contributed by atoms with E-state index in [1.807, 2.05) is 0 Å². The zero-order chi connectivity index (χ0) is 35.8. The summed E-state index contributed by atoms with van der Waals surface area (Å²) in [5, 5.41) is 49.0. The van der Waals surface area contributed by atoms with Crippen molar-refractivity contribution in [1.29, 1.82) is 10.8 Å². The smallest absolute Gasteiger partial charge is 0.326 e. The molecule has 0 aliphatic rings. The number of hydrogen-bond acceptors (Lipinski definition) is 11. The average Bonchev–Trinajstić information content (AvgIpc) is 3.01. The molecule has 270 valence electrons. The normalized spacial score (nSPS) is 14.0. The Kier molecular flexibility index (Phi) is 22.6. The van der Waals surface area contributed by atoms with Crippen LogP contribution in [0.4, 0.5) is 0 Å². The minimum Gasteiger partial charge on any atom is -0.480 e. The SMILES string of the molecule is N=C(N)NCCC[C@H](NC(=O)[C@H](CO)NC(=O)[C@H](CCCNC(=N)N)NC(=O)[C@@H](N)CCCCN)C(=O)N[C@@H](CCCCN)C(=O)O. The first-order chi connectivity index (χ1) is 22.3. The van der Waals surface area contributed by atoms with Crippen molar-refractivity contribution in [3.63, 3.8) is 0 Å². The van der Waals surface area contributed by atoms with Crippen molar-refractivity contribution < 1.29 is 34.2 Å². The molecule has 0 aromatic rings. The monoisotopic (exact) mass is 673 g/mol. The van der Waals surface area contributed by atoms with Crippen molar-refractivity contribution in [1.82, 2.24) is 31.9 Å². The van der Waals surface area contributed by atoms with Crippen LogP contribution in [0.2, 0.25) is 0 Å². The summed E-state index contributed by atoms with van der Waals surface area (Å²) in [6.07, 6.45) is 3.22. The predicted molar refractivity (Wildman–Crippen MR) is 175 cm³/mol. The van der Waals surface area contributed by atoms with Gasteiger partial charge in [-0.25, -0.2) is 4.79 Å². The molecule has 0 aliphatic carbocycles. The number of amides is 4. The second-order valence-electron chi connectivity index (χ2n) is 10.9. The minimum absolute atomic E-state index is 0.0109. The number of carbonyl (C=O) groups is 5. The van der Waals surface area contributed by atoms with Crippen LogP contribution in [0, 0.1) is 10.8 Å². The van der Waals surface area contributed by atoms with Gasteiger partial charge in [0.05, 0.1) is 12.6 Å². The number of carboxylic acids is 1. The molecule has 0 bridgehead atoms. The molecular formula is C27H55N13O7. The molecular weight excluding hydrogens is 618 g/mol. The molecule has 0 unspecified atom stereocenters. The molecule has 0 rings (SSSR count). The molecule has 0 saturated carbocycles. The second-order valence-corrected chi connectivity index (χ2v) is 10.9. The summed E-state index contributed by atoms with van der Waals surface area (Å²) in [6, 6.07) is -6.19. The highest BCUT2D eigenvalue weighted by Gasteiger charge is 2.31. The topological polar surface area (TPSA) is 376 Å². The molecule has 0 saturated heterocycles. The van der Waals surface area contributed by atoms with Crippen LogP contribution in [0.25, 0.3) is 0 Å². The number of hydrogen-bond donors (Lipinski definition) is 15. The number of carbonyl (C=O) groups excluding carboxylic acids is 4. The molecule has 20 nitrogen and oxygen atoms in total. The van der Waals surface area contributed by atoms with Gasteiger partial charge >= 0.3 is 5.97 Å². The molecule has 20 heteroatoms. The van der Waals surface area contributed by atoms with Crippen LogP contribution in [0.15, 0.2) is 0 Å². The van der Waals surface area contributed by atoms with E-state index in [1.54, 1.807) is 0 Å². The Morgan fingerprint density at radius 1 is 0.574 bits per heavy atom. The van der Waals surface area contributed by atoms with Crippen molar-refractivity contribution in [3.8, 4) is 0 Å². The van der Waals surface area contributed by atoms with Crippen molar-refractivity contribution in [2.24, 2.45) is 28.7 Å². The maximum Gasteiger partial charge on any atom is 0.326 e. The fraction of sp³-hybridized carbons (Fsp3) is 0.741. The van der Waals surface area contributed by atoms with Gasteiger partial charge in [0.2, 0.25) is 23.6 Å². The first-order valence-corrected chi connectivity index (χ1v) is 15.6. The Bertz CT molecular complexity index is 1020. The average molecular weight is 674 g/mol. The van der Waals surface area contributed by atoms with Gasteiger partial charge in [-0.15, -0.1) is 0 Å². The summed E-state index contributed by atoms with van der Waals surface area (Å²) in [5.74, 6) is -5.04. The number of carboxylic acid groups (broad SMARTS) is 1. The van der Waals surface area contributed by atoms with Crippen molar-refractivity contribution in [3.05, 3.63) is 0 Å². The van der Waals surface area contributed by atoms with Crippen molar-refractivity contribution in [2.45, 2.75) is 94.4 Å². The first kappa shape index (κ1) is 42.7. The Labute approximate surface area is 274 Å². The van der Waals surface area contributed by atoms with Gasteiger partial charge in [-0.05, 0) is 70.9 Å². The lowest BCUT2D eigenvalue weighted by Crippen LogP contribution is -2.59. The molecule has 5 atom stereocenters. The molecule has 0 aromatic carbocycles. The third-order valence-electron chi connectivity index (χ3n) is 6.92. The van der Waals surface area contributed by atoms with Gasteiger partial charge < -0.3 is 70.8 Å². The summed E-state index contributed by atoms with van der Waals surface area (Å²) in [6.45, 7) is 0.278. The lowest BCUT2D eigenvalue weighted by atomic mass is 10.1. The number of rotatable bonds is 26. The van der Waals surface area contributed by atoms with Gasteiger partial charge in [-0.1, -0.05) is 6.42 Å². The van der Waals surface area contributed by atoms with Gasteiger partial charge in [-0.2, -0.15) is 0 Å². The highest BCUT2D eigenvalue weighted by atomic mass is 16.4. The summed E-state index contributed by atoms with van der Waals surface area (Å²) >= 11 is 0. The van der Waals surface area contributed by atoms with E-state index in [4.69, 9.17) is 39.5 Å². The van der Waals surface area contributed by atoms with Crippen LogP contribution in [-0.4, -0.2) is 115 Å². The van der Waals surface area contributed by atoms with E-state index in [0.29, 0.717) is 45.2 Å². The molecule has 20 N–H and O–H groups in total. The largest absolute Gasteiger partial charge is 0.480 e. The molecule has 4 amide bonds. The zero-order valence-electron chi connectivity index (χ0n) is 26.8. The van der Waals surface area contributed by atoms with E-state index >= 15 is 0 Å². The number of aliphatic hydroxyl groups excluding tert-OH is 1. The van der Waals surface area contributed by atoms with Crippen LogP contribution in [0.1, 0.15) is 64.2 Å². The predicted octanol–water partition coefficient (Wildman–Crippen LogP) is -4.89. The van der Waals surface area contributed by atoms with Gasteiger partial charge in [0.1, 0.15) is 24.2 Å². The molecule has 0 aromatic heterocycles. The number of nitrogens with one attached hydrogen (secondary N) is 8. The lowest BCUT2D eigenvalue weighted by molar-refractivity contribution is -0.142. The van der Waals surface area contributed by atoms with E-state index in [1.165, 1.54) is 0 Å². The van der Waals surface area contributed by atoms with Crippen LogP contribution in [0.3, 0.4) is 0 Å². The maximum absolute atomic E-state index is 13.2. The van der Waals surface area contributed by atoms with E-state index in [-0.39, 0.29) is 57.1 Å². The van der Waals surface area contributed by atoms with Crippen LogP contribution in [-0.2, 0) is 24.0 Å². The van der Waals surface area contributed by atoms with Gasteiger partial charge in [0, 0.05) is 13.1 Å². The summed E-state index contributed by atoms with van der Waals surface area (Å²) < 4.78 is 0. The molecule has 0 fully saturated rings. The van der Waals surface area contributed by atoms with Crippen LogP contribution in [0.5, 0.6) is 0 Å². The number of aliphatic carboxylic acids is 1. The Balaban J connectivity index is 5.75. The summed E-state index contributed by atoms with van der Waals surface area (Å²) in [7, 11) is 0. The molecule has 0 heterocycles. The zero-order valence-corrected chi connectivity index (χ0v) is 26.8. The van der Waals surface area contributed by atoms with Crippen molar-refractivity contribution >= 4 is 41.5 Å². The standard InChI is InChI=1S/C27H55N13O7/c28-11-3-1-7-16(30)21(42)37-17(9-5-13-35-26(31)32)23(44)40-20(15-41)24(45)38-18(10-6-14-36-27(33)34)22(43)39-19(25(46)47)8-2-4-12-29/h16-20,41H,1-15,28-30H2,(H,37,42)(H,38,45)(H,39,43)(H,40,44)(H,46,47)(H4,31,32,35)(H4,33,34,36)/t16-,17-,18-,19-,20-/m0/s1. The molecule has 0 spiro atoms. The number of aliphatic hydroxyl groups is 1. The number of nitrogens with two attached hydrogens (primary N) is 5. The Morgan fingerprint density at radius 3 is 1.38 bits per heavy atom. The third-order valence-corrected chi connectivity index (χ3v) is 6.92. The highest BCUT2D eigenvalue weighted by molar-refractivity contribution is 5.95. The van der Waals surface area contributed by atoms with Gasteiger partial charge in [0.15, 0.2) is 11.9 Å². The van der Waals surface area contributed by atoms with Crippen LogP contribution >= 0.6 is 0 Å². The minimum atomic E-state index is -1.55. The quantitative estimate of drug-likeness (QED) is 0.0232. The first-order valence-electron chi connectivity index (χ1n) is 15.6. The van der Waals surface area contributed by atoms with Gasteiger partial charge in [0.25, 0.3) is 0 Å². The molecule has 47 heavy (non-hydrogen) atoms. The van der Waals surface area contributed by atoms with E-state index in [9.17, 15) is 34.2 Å². The van der Waals surface area contributed by atoms with Crippen LogP contribution < -0.4 is 60.6 Å². The summed E-state index contributed by atoms with van der Waals surface area (Å²) in [5.41, 5.74) is 27.5. The molecule has 0 aliphatic heterocycles.